The van der Waals surface area contributed by atoms with Crippen molar-refractivity contribution in [3.05, 3.63) is 17.8 Å². The molecule has 2 rings (SSSR count). The van der Waals surface area contributed by atoms with E-state index in [2.05, 4.69) is 10.3 Å². The highest BCUT2D eigenvalue weighted by atomic mass is 16.4. The fourth-order valence-electron chi connectivity index (χ4n) is 1.98. The zero-order valence-corrected chi connectivity index (χ0v) is 9.65. The van der Waals surface area contributed by atoms with Gasteiger partial charge in [0.25, 0.3) is 0 Å². The van der Waals surface area contributed by atoms with E-state index < -0.39 is 5.97 Å². The van der Waals surface area contributed by atoms with Crippen molar-refractivity contribution in [1.82, 2.24) is 4.98 Å². The summed E-state index contributed by atoms with van der Waals surface area (Å²) in [6.07, 6.45) is 6.50. The number of hydrogen-bond donors (Lipinski definition) is 3. The Morgan fingerprint density at radius 2 is 2.35 bits per heavy atom. The second-order valence-corrected chi connectivity index (χ2v) is 4.44. The minimum absolute atomic E-state index is 0.103. The van der Waals surface area contributed by atoms with Crippen LogP contribution in [0.25, 0.3) is 0 Å². The molecule has 1 aromatic heterocycles. The summed E-state index contributed by atoms with van der Waals surface area (Å²) in [5.41, 5.74) is 6.06. The van der Waals surface area contributed by atoms with Crippen molar-refractivity contribution in [2.45, 2.75) is 25.7 Å². The van der Waals surface area contributed by atoms with Crippen molar-refractivity contribution >= 4 is 17.5 Å². The molecular formula is C12H17N3O2. The molecule has 5 nitrogen and oxygen atoms in total. The lowest BCUT2D eigenvalue weighted by atomic mass is 9.83. The first-order valence-electron chi connectivity index (χ1n) is 5.90. The van der Waals surface area contributed by atoms with Gasteiger partial charge < -0.3 is 16.2 Å². The summed E-state index contributed by atoms with van der Waals surface area (Å²) < 4.78 is 0. The third-order valence-corrected chi connectivity index (χ3v) is 3.29. The van der Waals surface area contributed by atoms with Gasteiger partial charge in [0.05, 0.1) is 11.3 Å². The van der Waals surface area contributed by atoms with E-state index in [1.54, 1.807) is 0 Å². The number of hydrogen-bond acceptors (Lipinski definition) is 4. The number of nitrogens with one attached hydrogen (secondary N) is 1. The highest BCUT2D eigenvalue weighted by Crippen LogP contribution is 2.29. The lowest BCUT2D eigenvalue weighted by Crippen LogP contribution is -2.17. The van der Waals surface area contributed by atoms with E-state index in [0.717, 1.165) is 18.9 Å². The monoisotopic (exact) mass is 235 g/mol. The predicted octanol–water partition coefficient (Wildman–Crippen LogP) is 1.96. The van der Waals surface area contributed by atoms with Gasteiger partial charge in [-0.1, -0.05) is 19.3 Å². The van der Waals surface area contributed by atoms with Gasteiger partial charge >= 0.3 is 5.97 Å². The third kappa shape index (κ3) is 2.67. The van der Waals surface area contributed by atoms with Crippen molar-refractivity contribution in [3.8, 4) is 0 Å². The quantitative estimate of drug-likeness (QED) is 0.726. The predicted molar refractivity (Wildman–Crippen MR) is 66.1 cm³/mol. The zero-order chi connectivity index (χ0) is 12.3. The van der Waals surface area contributed by atoms with Crippen LogP contribution in [-0.4, -0.2) is 22.6 Å². The van der Waals surface area contributed by atoms with Crippen LogP contribution in [0.4, 0.5) is 11.5 Å². The number of nitrogens with zero attached hydrogens (tertiary/aromatic N) is 1. The van der Waals surface area contributed by atoms with Gasteiger partial charge in [-0.05, 0) is 18.4 Å². The third-order valence-electron chi connectivity index (χ3n) is 3.29. The molecule has 92 valence electrons. The summed E-state index contributed by atoms with van der Waals surface area (Å²) in [7, 11) is 0. The molecule has 0 aromatic carbocycles. The first-order valence-corrected chi connectivity index (χ1v) is 5.90. The molecule has 0 aliphatic heterocycles. The molecule has 0 unspecified atom stereocenters. The fraction of sp³-hybridized carbons (Fsp3) is 0.500. The minimum atomic E-state index is -1.02. The van der Waals surface area contributed by atoms with Gasteiger partial charge in [-0.15, -0.1) is 0 Å². The van der Waals surface area contributed by atoms with E-state index in [1.807, 2.05) is 0 Å². The molecule has 17 heavy (non-hydrogen) atoms. The average Bonchev–Trinajstić information content (AvgIpc) is 2.23. The van der Waals surface area contributed by atoms with Crippen LogP contribution in [0.2, 0.25) is 0 Å². The highest BCUT2D eigenvalue weighted by Gasteiger charge is 2.17. The standard InChI is InChI=1S/C12H17N3O2/c13-10-9(12(16)17)5-7-15-11(10)14-6-4-8-2-1-3-8/h5,7-8H,1-4,6,13H2,(H,14,15)(H,16,17). The molecule has 1 fully saturated rings. The summed E-state index contributed by atoms with van der Waals surface area (Å²) in [5, 5.41) is 12.0. The zero-order valence-electron chi connectivity index (χ0n) is 9.65. The molecule has 0 spiro atoms. The first-order chi connectivity index (χ1) is 8.18. The van der Waals surface area contributed by atoms with Gasteiger partial charge in [-0.2, -0.15) is 0 Å². The number of carboxylic acid groups (broad SMARTS) is 1. The number of pyridine rings is 1. The number of aromatic nitrogens is 1. The van der Waals surface area contributed by atoms with Crippen molar-refractivity contribution < 1.29 is 9.90 Å². The summed E-state index contributed by atoms with van der Waals surface area (Å²) in [6, 6.07) is 1.41. The SMILES string of the molecule is Nc1c(C(=O)O)ccnc1NCCC1CCC1. The molecular weight excluding hydrogens is 218 g/mol. The van der Waals surface area contributed by atoms with E-state index in [4.69, 9.17) is 10.8 Å². The molecule has 0 atom stereocenters. The number of rotatable bonds is 5. The number of nitrogen functional groups attached to an aromatic ring is 1. The number of carbonyl (C=O) groups is 1. The second-order valence-electron chi connectivity index (χ2n) is 4.44. The van der Waals surface area contributed by atoms with Gasteiger partial charge in [0.1, 0.15) is 5.82 Å². The van der Waals surface area contributed by atoms with Gasteiger partial charge in [0.2, 0.25) is 0 Å². The Morgan fingerprint density at radius 3 is 2.94 bits per heavy atom. The molecule has 4 N–H and O–H groups in total. The van der Waals surface area contributed by atoms with Crippen molar-refractivity contribution in [2.75, 3.05) is 17.6 Å². The van der Waals surface area contributed by atoms with Gasteiger partial charge in [0, 0.05) is 12.7 Å². The summed E-state index contributed by atoms with van der Waals surface area (Å²) >= 11 is 0. The largest absolute Gasteiger partial charge is 0.478 e. The van der Waals surface area contributed by atoms with Crippen LogP contribution in [0.1, 0.15) is 36.0 Å². The topological polar surface area (TPSA) is 88.2 Å². The fourth-order valence-corrected chi connectivity index (χ4v) is 1.98. The van der Waals surface area contributed by atoms with Crippen molar-refractivity contribution in [1.29, 1.82) is 0 Å². The van der Waals surface area contributed by atoms with Crippen LogP contribution >= 0.6 is 0 Å². The molecule has 0 saturated heterocycles. The Bertz CT molecular complexity index is 416. The Kier molecular flexibility index (Phi) is 3.46. The first kappa shape index (κ1) is 11.7. The molecule has 0 amide bonds. The number of carboxylic acids is 1. The molecule has 5 heteroatoms. The maximum Gasteiger partial charge on any atom is 0.337 e. The summed E-state index contributed by atoms with van der Waals surface area (Å²) in [4.78, 5) is 14.9. The van der Waals surface area contributed by atoms with Crippen molar-refractivity contribution in [3.63, 3.8) is 0 Å². The second kappa shape index (κ2) is 5.03. The molecule has 1 aromatic rings. The van der Waals surface area contributed by atoms with Crippen LogP contribution in [-0.2, 0) is 0 Å². The van der Waals surface area contributed by atoms with E-state index >= 15 is 0 Å². The number of anilines is 2. The van der Waals surface area contributed by atoms with Crippen LogP contribution < -0.4 is 11.1 Å². The smallest absolute Gasteiger partial charge is 0.337 e. The molecule has 1 heterocycles. The Balaban J connectivity index is 1.95. The Labute approximate surface area is 100 Å². The maximum atomic E-state index is 10.9. The van der Waals surface area contributed by atoms with Crippen LogP contribution in [0, 0.1) is 5.92 Å². The van der Waals surface area contributed by atoms with Gasteiger partial charge in [-0.25, -0.2) is 9.78 Å². The summed E-state index contributed by atoms with van der Waals surface area (Å²) in [5.74, 6) is 0.266. The van der Waals surface area contributed by atoms with Crippen LogP contribution in [0.5, 0.6) is 0 Å². The van der Waals surface area contributed by atoms with Crippen molar-refractivity contribution in [2.24, 2.45) is 5.92 Å². The molecule has 0 bridgehead atoms. The Hall–Kier alpha value is -1.78. The molecule has 1 aliphatic rings. The Morgan fingerprint density at radius 1 is 1.59 bits per heavy atom. The molecule has 0 radical (unpaired) electrons. The van der Waals surface area contributed by atoms with E-state index in [-0.39, 0.29) is 11.3 Å². The lowest BCUT2D eigenvalue weighted by molar-refractivity contribution is 0.0698. The molecule has 1 aliphatic carbocycles. The average molecular weight is 235 g/mol. The number of aromatic carboxylic acids is 1. The van der Waals surface area contributed by atoms with Gasteiger partial charge in [0.15, 0.2) is 0 Å². The summed E-state index contributed by atoms with van der Waals surface area (Å²) in [6.45, 7) is 0.797. The molecule has 1 saturated carbocycles. The lowest BCUT2D eigenvalue weighted by Gasteiger charge is -2.25. The van der Waals surface area contributed by atoms with E-state index in [0.29, 0.717) is 5.82 Å². The maximum absolute atomic E-state index is 10.9. The highest BCUT2D eigenvalue weighted by molar-refractivity contribution is 5.96. The van der Waals surface area contributed by atoms with Crippen LogP contribution in [0.15, 0.2) is 12.3 Å². The van der Waals surface area contributed by atoms with E-state index in [9.17, 15) is 4.79 Å². The minimum Gasteiger partial charge on any atom is -0.478 e. The normalized spacial score (nSPS) is 15.3. The number of nitrogens with two attached hydrogens (primary N) is 1. The van der Waals surface area contributed by atoms with Gasteiger partial charge in [-0.3, -0.25) is 0 Å². The van der Waals surface area contributed by atoms with Crippen LogP contribution in [0.3, 0.4) is 0 Å². The van der Waals surface area contributed by atoms with E-state index in [1.165, 1.54) is 31.5 Å².